The van der Waals surface area contributed by atoms with Crippen molar-refractivity contribution in [1.29, 1.82) is 0 Å². The Morgan fingerprint density at radius 1 is 1.21 bits per heavy atom. The van der Waals surface area contributed by atoms with Crippen LogP contribution in [0.1, 0.15) is 22.8 Å². The molecule has 29 heavy (non-hydrogen) atoms. The lowest BCUT2D eigenvalue weighted by molar-refractivity contribution is -0.122. The zero-order valence-corrected chi connectivity index (χ0v) is 16.5. The summed E-state index contributed by atoms with van der Waals surface area (Å²) in [5.74, 6) is 0.162. The van der Waals surface area contributed by atoms with E-state index in [4.69, 9.17) is 20.8 Å². The van der Waals surface area contributed by atoms with Crippen LogP contribution in [0.25, 0.3) is 0 Å². The Hall–Kier alpha value is -3.25. The highest BCUT2D eigenvalue weighted by Gasteiger charge is 2.26. The Labute approximate surface area is 173 Å². The third-order valence-electron chi connectivity index (χ3n) is 4.73. The van der Waals surface area contributed by atoms with Crippen LogP contribution in [0.2, 0.25) is 5.02 Å². The maximum atomic E-state index is 12.6. The maximum Gasteiger partial charge on any atom is 0.265 e. The van der Waals surface area contributed by atoms with Crippen molar-refractivity contribution in [3.05, 3.63) is 77.2 Å². The minimum absolute atomic E-state index is 0.0992. The Morgan fingerprint density at radius 2 is 2.07 bits per heavy atom. The quantitative estimate of drug-likeness (QED) is 0.670. The predicted molar refractivity (Wildman–Crippen MR) is 111 cm³/mol. The van der Waals surface area contributed by atoms with Gasteiger partial charge in [0.2, 0.25) is 0 Å². The second-order valence-corrected chi connectivity index (χ2v) is 7.21. The molecule has 0 aliphatic carbocycles. The lowest BCUT2D eigenvalue weighted by atomic mass is 10.1. The highest BCUT2D eigenvalue weighted by atomic mass is 35.5. The summed E-state index contributed by atoms with van der Waals surface area (Å²) in [5.41, 5.74) is 3.02. The zero-order chi connectivity index (χ0) is 20.4. The van der Waals surface area contributed by atoms with Crippen LogP contribution in [-0.2, 0) is 11.2 Å². The standard InChI is InChI=1S/C22H19ClN2O4/c1-14(29-19-4-2-3-17(23)12-19)21(26)24-18-5-6-20-15(11-18)7-9-25(20)22(27)16-8-10-28-13-16/h2-6,8,10-14H,7,9H2,1H3,(H,24,26). The lowest BCUT2D eigenvalue weighted by Gasteiger charge is -2.17. The van der Waals surface area contributed by atoms with Gasteiger partial charge in [-0.15, -0.1) is 0 Å². The van der Waals surface area contributed by atoms with E-state index in [2.05, 4.69) is 5.32 Å². The first-order valence-corrected chi connectivity index (χ1v) is 9.59. The number of carbonyl (C=O) groups excluding carboxylic acids is 2. The molecule has 1 aliphatic heterocycles. The van der Waals surface area contributed by atoms with Gasteiger partial charge >= 0.3 is 0 Å². The molecule has 1 aromatic heterocycles. The number of fused-ring (bicyclic) bond motifs is 1. The van der Waals surface area contributed by atoms with Gasteiger partial charge in [-0.2, -0.15) is 0 Å². The molecule has 1 atom stereocenters. The third-order valence-corrected chi connectivity index (χ3v) is 4.97. The van der Waals surface area contributed by atoms with E-state index in [1.165, 1.54) is 12.5 Å². The number of carbonyl (C=O) groups is 2. The molecule has 2 amide bonds. The summed E-state index contributed by atoms with van der Waals surface area (Å²) in [5, 5.41) is 3.41. The van der Waals surface area contributed by atoms with Crippen LogP contribution >= 0.6 is 11.6 Å². The Bertz CT molecular complexity index is 1050. The Balaban J connectivity index is 1.43. The number of nitrogens with zero attached hydrogens (tertiary/aromatic N) is 1. The van der Waals surface area contributed by atoms with E-state index in [1.54, 1.807) is 48.2 Å². The van der Waals surface area contributed by atoms with E-state index in [9.17, 15) is 9.59 Å². The molecule has 0 radical (unpaired) electrons. The van der Waals surface area contributed by atoms with Crippen molar-refractivity contribution in [3.63, 3.8) is 0 Å². The van der Waals surface area contributed by atoms with Crippen molar-refractivity contribution in [3.8, 4) is 5.75 Å². The molecule has 1 N–H and O–H groups in total. The molecule has 0 fully saturated rings. The largest absolute Gasteiger partial charge is 0.481 e. The van der Waals surface area contributed by atoms with Crippen molar-refractivity contribution in [2.45, 2.75) is 19.4 Å². The Kier molecular flexibility index (Phi) is 5.27. The van der Waals surface area contributed by atoms with E-state index in [-0.39, 0.29) is 11.8 Å². The van der Waals surface area contributed by atoms with E-state index >= 15 is 0 Å². The van der Waals surface area contributed by atoms with E-state index < -0.39 is 6.10 Å². The molecule has 2 heterocycles. The number of ether oxygens (including phenoxy) is 1. The van der Waals surface area contributed by atoms with Crippen LogP contribution in [0.5, 0.6) is 5.75 Å². The van der Waals surface area contributed by atoms with Crippen molar-refractivity contribution < 1.29 is 18.7 Å². The van der Waals surface area contributed by atoms with Crippen LogP contribution in [0.15, 0.2) is 65.5 Å². The van der Waals surface area contributed by atoms with Gasteiger partial charge in [-0.05, 0) is 61.4 Å². The first-order valence-electron chi connectivity index (χ1n) is 9.21. The SMILES string of the molecule is CC(Oc1cccc(Cl)c1)C(=O)Nc1ccc2c(c1)CCN2C(=O)c1ccoc1. The molecule has 0 spiro atoms. The van der Waals surface area contributed by atoms with Gasteiger partial charge in [-0.1, -0.05) is 17.7 Å². The van der Waals surface area contributed by atoms with Crippen molar-refractivity contribution in [1.82, 2.24) is 0 Å². The summed E-state index contributed by atoms with van der Waals surface area (Å²) >= 11 is 5.94. The lowest BCUT2D eigenvalue weighted by Crippen LogP contribution is -2.30. The highest BCUT2D eigenvalue weighted by molar-refractivity contribution is 6.30. The van der Waals surface area contributed by atoms with Crippen LogP contribution in [-0.4, -0.2) is 24.5 Å². The van der Waals surface area contributed by atoms with Gasteiger partial charge in [-0.3, -0.25) is 9.59 Å². The number of halogens is 1. The van der Waals surface area contributed by atoms with E-state index in [0.717, 1.165) is 17.7 Å². The number of benzene rings is 2. The topological polar surface area (TPSA) is 71.8 Å². The van der Waals surface area contributed by atoms with Gasteiger partial charge in [0, 0.05) is 22.9 Å². The van der Waals surface area contributed by atoms with Gasteiger partial charge in [0.15, 0.2) is 6.10 Å². The number of hydrogen-bond acceptors (Lipinski definition) is 4. The fourth-order valence-electron chi connectivity index (χ4n) is 3.27. The second kappa shape index (κ2) is 8.01. The van der Waals surface area contributed by atoms with Gasteiger partial charge < -0.3 is 19.4 Å². The van der Waals surface area contributed by atoms with Crippen molar-refractivity contribution in [2.24, 2.45) is 0 Å². The summed E-state index contributed by atoms with van der Waals surface area (Å²) in [4.78, 5) is 26.8. The number of furan rings is 1. The zero-order valence-electron chi connectivity index (χ0n) is 15.7. The average Bonchev–Trinajstić information content (AvgIpc) is 3.37. The molecule has 0 saturated heterocycles. The molecular formula is C22H19ClN2O4. The maximum absolute atomic E-state index is 12.6. The van der Waals surface area contributed by atoms with Gasteiger partial charge in [0.05, 0.1) is 11.8 Å². The highest BCUT2D eigenvalue weighted by Crippen LogP contribution is 2.32. The molecule has 2 aromatic carbocycles. The minimum atomic E-state index is -0.694. The average molecular weight is 411 g/mol. The monoisotopic (exact) mass is 410 g/mol. The predicted octanol–water partition coefficient (Wildman–Crippen LogP) is 4.54. The second-order valence-electron chi connectivity index (χ2n) is 6.77. The van der Waals surface area contributed by atoms with Crippen LogP contribution in [0, 0.1) is 0 Å². The van der Waals surface area contributed by atoms with Gasteiger partial charge in [0.1, 0.15) is 12.0 Å². The number of rotatable bonds is 5. The Morgan fingerprint density at radius 3 is 2.83 bits per heavy atom. The number of amides is 2. The molecule has 3 aromatic rings. The number of anilines is 2. The smallest absolute Gasteiger partial charge is 0.265 e. The van der Waals surface area contributed by atoms with Crippen molar-refractivity contribution >= 4 is 34.8 Å². The van der Waals surface area contributed by atoms with E-state index in [0.29, 0.717) is 28.6 Å². The molecule has 6 nitrogen and oxygen atoms in total. The van der Waals surface area contributed by atoms with Crippen molar-refractivity contribution in [2.75, 3.05) is 16.8 Å². The molecule has 1 unspecified atom stereocenters. The first kappa shape index (κ1) is 19.1. The molecule has 0 saturated carbocycles. The summed E-state index contributed by atoms with van der Waals surface area (Å²) in [6, 6.07) is 14.1. The summed E-state index contributed by atoms with van der Waals surface area (Å²) in [6.07, 6.45) is 2.95. The van der Waals surface area contributed by atoms with Gasteiger partial charge in [0.25, 0.3) is 11.8 Å². The summed E-state index contributed by atoms with van der Waals surface area (Å²) < 4.78 is 10.7. The normalized spacial score (nSPS) is 13.7. The molecular weight excluding hydrogens is 392 g/mol. The van der Waals surface area contributed by atoms with Crippen LogP contribution in [0.3, 0.4) is 0 Å². The summed E-state index contributed by atoms with van der Waals surface area (Å²) in [6.45, 7) is 2.26. The molecule has 0 bridgehead atoms. The number of hydrogen-bond donors (Lipinski definition) is 1. The minimum Gasteiger partial charge on any atom is -0.481 e. The van der Waals surface area contributed by atoms with Gasteiger partial charge in [-0.25, -0.2) is 0 Å². The third kappa shape index (κ3) is 4.12. The van der Waals surface area contributed by atoms with Crippen LogP contribution in [0.4, 0.5) is 11.4 Å². The first-order chi connectivity index (χ1) is 14.0. The molecule has 4 rings (SSSR count). The molecule has 148 valence electrons. The van der Waals surface area contributed by atoms with E-state index in [1.807, 2.05) is 12.1 Å². The fourth-order valence-corrected chi connectivity index (χ4v) is 3.45. The number of nitrogens with one attached hydrogen (secondary N) is 1. The molecule has 7 heteroatoms. The fraction of sp³-hybridized carbons (Fsp3) is 0.182. The summed E-state index contributed by atoms with van der Waals surface area (Å²) in [7, 11) is 0. The van der Waals surface area contributed by atoms with Crippen LogP contribution < -0.4 is 15.0 Å². The molecule has 1 aliphatic rings.